The third-order valence-electron chi connectivity index (χ3n) is 2.71. The molecule has 0 aliphatic heterocycles. The first-order valence-corrected chi connectivity index (χ1v) is 5.61. The molecule has 0 spiro atoms. The van der Waals surface area contributed by atoms with Crippen molar-refractivity contribution >= 4 is 16.8 Å². The van der Waals surface area contributed by atoms with Crippen LogP contribution in [0.25, 0.3) is 11.0 Å². The molecule has 0 unspecified atom stereocenters. The van der Waals surface area contributed by atoms with E-state index in [1.165, 1.54) is 12.4 Å². The van der Waals surface area contributed by atoms with Crippen LogP contribution in [0.15, 0.2) is 49.1 Å². The van der Waals surface area contributed by atoms with Crippen LogP contribution in [0.1, 0.15) is 15.9 Å². The number of para-hydroxylation sites is 1. The fraction of sp³-hybridized carbons (Fsp3) is 0. The second kappa shape index (κ2) is 4.53. The molecule has 0 aliphatic carbocycles. The van der Waals surface area contributed by atoms with Crippen molar-refractivity contribution in [2.75, 3.05) is 0 Å². The van der Waals surface area contributed by atoms with E-state index in [9.17, 15) is 9.18 Å². The molecule has 19 heavy (non-hydrogen) atoms. The number of ketones is 1. The van der Waals surface area contributed by atoms with E-state index in [0.29, 0.717) is 16.6 Å². The molecule has 1 aromatic carbocycles. The number of hydrogen-bond donors (Lipinski definition) is 0. The predicted octanol–water partition coefficient (Wildman–Crippen LogP) is 2.39. The van der Waals surface area contributed by atoms with Gasteiger partial charge >= 0.3 is 0 Å². The molecule has 2 heterocycles. The molecule has 4 nitrogen and oxygen atoms in total. The van der Waals surface area contributed by atoms with Crippen molar-refractivity contribution in [1.29, 1.82) is 0 Å². The lowest BCUT2D eigenvalue weighted by Gasteiger charge is -2.04. The lowest BCUT2D eigenvalue weighted by atomic mass is 10.0. The van der Waals surface area contributed by atoms with E-state index in [1.54, 1.807) is 24.4 Å². The Labute approximate surface area is 108 Å². The molecule has 5 heteroatoms. The van der Waals surface area contributed by atoms with Crippen LogP contribution in [0.3, 0.4) is 0 Å². The summed E-state index contributed by atoms with van der Waals surface area (Å²) in [4.78, 5) is 24.3. The van der Waals surface area contributed by atoms with Crippen molar-refractivity contribution in [3.05, 3.63) is 66.0 Å². The van der Waals surface area contributed by atoms with Gasteiger partial charge in [-0.3, -0.25) is 19.7 Å². The van der Waals surface area contributed by atoms with E-state index in [2.05, 4.69) is 15.0 Å². The minimum atomic E-state index is -0.544. The quantitative estimate of drug-likeness (QED) is 0.658. The molecule has 0 saturated carbocycles. The SMILES string of the molecule is O=C(c1cncc(F)c1)c1cccc2nccnc12. The Bertz CT molecular complexity index is 768. The maximum Gasteiger partial charge on any atom is 0.196 e. The van der Waals surface area contributed by atoms with Gasteiger partial charge in [-0.1, -0.05) is 6.07 Å². The first kappa shape index (κ1) is 11.4. The van der Waals surface area contributed by atoms with E-state index in [1.807, 2.05) is 0 Å². The van der Waals surface area contributed by atoms with Crippen molar-refractivity contribution in [2.24, 2.45) is 0 Å². The number of benzene rings is 1. The van der Waals surface area contributed by atoms with Crippen LogP contribution in [0.5, 0.6) is 0 Å². The van der Waals surface area contributed by atoms with Gasteiger partial charge in [-0.25, -0.2) is 4.39 Å². The van der Waals surface area contributed by atoms with Crippen molar-refractivity contribution in [3.63, 3.8) is 0 Å². The summed E-state index contributed by atoms with van der Waals surface area (Å²) in [5, 5.41) is 0. The topological polar surface area (TPSA) is 55.7 Å². The van der Waals surface area contributed by atoms with Crippen molar-refractivity contribution in [3.8, 4) is 0 Å². The number of hydrogen-bond acceptors (Lipinski definition) is 4. The zero-order chi connectivity index (χ0) is 13.2. The second-order valence-electron chi connectivity index (χ2n) is 3.95. The Morgan fingerprint density at radius 2 is 1.95 bits per heavy atom. The Hall–Kier alpha value is -2.69. The van der Waals surface area contributed by atoms with E-state index in [4.69, 9.17) is 0 Å². The van der Waals surface area contributed by atoms with Crippen LogP contribution < -0.4 is 0 Å². The first-order valence-electron chi connectivity index (χ1n) is 5.61. The maximum absolute atomic E-state index is 13.1. The molecular weight excluding hydrogens is 245 g/mol. The normalized spacial score (nSPS) is 10.6. The average Bonchev–Trinajstić information content (AvgIpc) is 2.46. The van der Waals surface area contributed by atoms with Gasteiger partial charge in [0.15, 0.2) is 5.78 Å². The number of pyridine rings is 1. The molecular formula is C14H8FN3O. The molecule has 0 radical (unpaired) electrons. The molecule has 0 aliphatic rings. The van der Waals surface area contributed by atoms with Crippen molar-refractivity contribution in [2.45, 2.75) is 0 Å². The number of fused-ring (bicyclic) bond motifs is 1. The van der Waals surface area contributed by atoms with Gasteiger partial charge in [0.1, 0.15) is 5.82 Å². The largest absolute Gasteiger partial charge is 0.288 e. The molecule has 0 atom stereocenters. The number of rotatable bonds is 2. The highest BCUT2D eigenvalue weighted by atomic mass is 19.1. The molecule has 0 bridgehead atoms. The van der Waals surface area contributed by atoms with Gasteiger partial charge in [-0.05, 0) is 18.2 Å². The summed E-state index contributed by atoms with van der Waals surface area (Å²) in [6.07, 6.45) is 5.46. The van der Waals surface area contributed by atoms with Crippen molar-refractivity contribution in [1.82, 2.24) is 15.0 Å². The summed E-state index contributed by atoms with van der Waals surface area (Å²) in [7, 11) is 0. The van der Waals surface area contributed by atoms with E-state index >= 15 is 0 Å². The van der Waals surface area contributed by atoms with Crippen LogP contribution in [-0.2, 0) is 0 Å². The number of halogens is 1. The summed E-state index contributed by atoms with van der Waals surface area (Å²) in [5.41, 5.74) is 1.70. The van der Waals surface area contributed by atoms with Gasteiger partial charge in [-0.15, -0.1) is 0 Å². The third kappa shape index (κ3) is 2.06. The van der Waals surface area contributed by atoms with E-state index in [0.717, 1.165) is 12.3 Å². The number of carbonyl (C=O) groups is 1. The fourth-order valence-electron chi connectivity index (χ4n) is 1.87. The van der Waals surface area contributed by atoms with Crippen LogP contribution >= 0.6 is 0 Å². The Morgan fingerprint density at radius 3 is 2.79 bits per heavy atom. The zero-order valence-electron chi connectivity index (χ0n) is 9.75. The summed E-state index contributed by atoms with van der Waals surface area (Å²) >= 11 is 0. The van der Waals surface area contributed by atoms with E-state index < -0.39 is 5.82 Å². The Kier molecular flexibility index (Phi) is 2.72. The summed E-state index contributed by atoms with van der Waals surface area (Å²) < 4.78 is 13.1. The minimum absolute atomic E-state index is 0.193. The summed E-state index contributed by atoms with van der Waals surface area (Å²) in [5.74, 6) is -0.865. The fourth-order valence-corrected chi connectivity index (χ4v) is 1.87. The molecule has 0 saturated heterocycles. The van der Waals surface area contributed by atoms with Gasteiger partial charge in [0.25, 0.3) is 0 Å². The molecule has 0 N–H and O–H groups in total. The summed E-state index contributed by atoms with van der Waals surface area (Å²) in [6.45, 7) is 0. The van der Waals surface area contributed by atoms with Crippen LogP contribution in [0.2, 0.25) is 0 Å². The van der Waals surface area contributed by atoms with Gasteiger partial charge in [-0.2, -0.15) is 0 Å². The number of nitrogens with zero attached hydrogens (tertiary/aromatic N) is 3. The van der Waals surface area contributed by atoms with Gasteiger partial charge in [0.2, 0.25) is 0 Å². The molecule has 92 valence electrons. The maximum atomic E-state index is 13.1. The Morgan fingerprint density at radius 1 is 1.11 bits per heavy atom. The second-order valence-corrected chi connectivity index (χ2v) is 3.95. The zero-order valence-corrected chi connectivity index (χ0v) is 9.75. The lowest BCUT2D eigenvalue weighted by molar-refractivity contribution is 0.103. The van der Waals surface area contributed by atoms with Crippen LogP contribution in [0.4, 0.5) is 4.39 Å². The lowest BCUT2D eigenvalue weighted by Crippen LogP contribution is -2.04. The smallest absolute Gasteiger partial charge is 0.196 e. The van der Waals surface area contributed by atoms with Crippen LogP contribution in [-0.4, -0.2) is 20.7 Å². The van der Waals surface area contributed by atoms with Crippen LogP contribution in [0, 0.1) is 5.82 Å². The molecule has 3 rings (SSSR count). The standard InChI is InChI=1S/C14H8FN3O/c15-10-6-9(7-16-8-10)14(19)11-2-1-3-12-13(11)18-5-4-17-12/h1-8H. The van der Waals surface area contributed by atoms with Gasteiger partial charge in [0, 0.05) is 24.2 Å². The highest BCUT2D eigenvalue weighted by Crippen LogP contribution is 2.17. The van der Waals surface area contributed by atoms with E-state index in [-0.39, 0.29) is 11.3 Å². The summed E-state index contributed by atoms with van der Waals surface area (Å²) in [6, 6.07) is 6.29. The third-order valence-corrected chi connectivity index (χ3v) is 2.71. The van der Waals surface area contributed by atoms with Gasteiger partial charge < -0.3 is 0 Å². The average molecular weight is 253 g/mol. The van der Waals surface area contributed by atoms with Crippen molar-refractivity contribution < 1.29 is 9.18 Å². The highest BCUT2D eigenvalue weighted by molar-refractivity contribution is 6.14. The number of carbonyl (C=O) groups excluding carboxylic acids is 1. The minimum Gasteiger partial charge on any atom is -0.288 e. The Balaban J connectivity index is 2.17. The van der Waals surface area contributed by atoms with Gasteiger partial charge in [0.05, 0.1) is 22.8 Å². The highest BCUT2D eigenvalue weighted by Gasteiger charge is 2.14. The molecule has 3 aromatic rings. The number of aromatic nitrogens is 3. The molecule has 0 amide bonds. The predicted molar refractivity (Wildman–Crippen MR) is 67.2 cm³/mol. The monoisotopic (exact) mass is 253 g/mol. The molecule has 0 fully saturated rings. The molecule has 2 aromatic heterocycles. The first-order chi connectivity index (χ1) is 9.25.